The molecule has 0 aliphatic heterocycles. The number of rotatable bonds is 2. The molecule has 0 radical (unpaired) electrons. The second kappa shape index (κ2) is 6.35. The van der Waals surface area contributed by atoms with Gasteiger partial charge in [-0.2, -0.15) is 0 Å². The van der Waals surface area contributed by atoms with E-state index >= 15 is 0 Å². The lowest BCUT2D eigenvalue weighted by Crippen LogP contribution is -2.11. The first-order valence-electron chi connectivity index (χ1n) is 9.84. The molecule has 0 atom stereocenters. The van der Waals surface area contributed by atoms with E-state index in [2.05, 4.69) is 62.2 Å². The summed E-state index contributed by atoms with van der Waals surface area (Å²) in [6, 6.07) is 20.9. The average Bonchev–Trinajstić information content (AvgIpc) is 3.11. The van der Waals surface area contributed by atoms with Crippen LogP contribution in [0.5, 0.6) is 5.75 Å². The summed E-state index contributed by atoms with van der Waals surface area (Å²) in [4.78, 5) is 4.67. The molecular formula is C26H23NO2. The van der Waals surface area contributed by atoms with Gasteiger partial charge in [0.25, 0.3) is 0 Å². The molecule has 0 saturated heterocycles. The lowest BCUT2D eigenvalue weighted by molar-refractivity contribution is 0.415. The molecule has 0 aliphatic carbocycles. The average molecular weight is 381 g/mol. The molecule has 0 unspecified atom stereocenters. The van der Waals surface area contributed by atoms with Crippen molar-refractivity contribution in [1.29, 1.82) is 0 Å². The first-order chi connectivity index (χ1) is 14.0. The Hall–Kier alpha value is -3.33. The molecule has 3 heteroatoms. The van der Waals surface area contributed by atoms with Crippen LogP contribution in [0.4, 0.5) is 0 Å². The molecule has 0 amide bonds. The first-order valence-corrected chi connectivity index (χ1v) is 9.84. The number of furan rings is 1. The van der Waals surface area contributed by atoms with Gasteiger partial charge in [0.15, 0.2) is 0 Å². The maximum atomic E-state index is 6.48. The van der Waals surface area contributed by atoms with Crippen molar-refractivity contribution in [3.63, 3.8) is 0 Å². The number of ether oxygens (including phenoxy) is 1. The summed E-state index contributed by atoms with van der Waals surface area (Å²) >= 11 is 0. The van der Waals surface area contributed by atoms with Crippen LogP contribution in [0, 0.1) is 0 Å². The smallest absolute Gasteiger partial charge is 0.145 e. The minimum absolute atomic E-state index is 0.0414. The van der Waals surface area contributed by atoms with Crippen molar-refractivity contribution < 1.29 is 9.15 Å². The van der Waals surface area contributed by atoms with Crippen molar-refractivity contribution in [3.05, 3.63) is 72.4 Å². The van der Waals surface area contributed by atoms with Crippen molar-refractivity contribution in [3.8, 4) is 17.0 Å². The summed E-state index contributed by atoms with van der Waals surface area (Å²) in [5.41, 5.74) is 4.87. The minimum atomic E-state index is 0.0414. The van der Waals surface area contributed by atoms with Gasteiger partial charge in [-0.05, 0) is 46.7 Å². The van der Waals surface area contributed by atoms with Crippen LogP contribution < -0.4 is 4.74 Å². The van der Waals surface area contributed by atoms with Crippen LogP contribution in [0.3, 0.4) is 0 Å². The fourth-order valence-corrected chi connectivity index (χ4v) is 3.93. The number of pyridine rings is 1. The Balaban J connectivity index is 1.87. The summed E-state index contributed by atoms with van der Waals surface area (Å²) < 4.78 is 12.1. The van der Waals surface area contributed by atoms with Gasteiger partial charge in [0.2, 0.25) is 0 Å². The highest BCUT2D eigenvalue weighted by atomic mass is 16.5. The third-order valence-electron chi connectivity index (χ3n) is 5.57. The van der Waals surface area contributed by atoms with E-state index in [1.807, 2.05) is 30.5 Å². The van der Waals surface area contributed by atoms with Gasteiger partial charge in [-0.25, -0.2) is 0 Å². The maximum absolute atomic E-state index is 6.48. The van der Waals surface area contributed by atoms with E-state index in [9.17, 15) is 0 Å². The Kier molecular flexibility index (Phi) is 3.88. The summed E-state index contributed by atoms with van der Waals surface area (Å²) in [7, 11) is 1.70. The molecule has 29 heavy (non-hydrogen) atoms. The molecular weight excluding hydrogens is 358 g/mol. The Morgan fingerprint density at radius 2 is 1.66 bits per heavy atom. The molecule has 2 aromatic heterocycles. The highest BCUT2D eigenvalue weighted by Crippen LogP contribution is 2.41. The van der Waals surface area contributed by atoms with Crippen LogP contribution in [0.2, 0.25) is 0 Å². The maximum Gasteiger partial charge on any atom is 0.145 e. The third kappa shape index (κ3) is 2.85. The summed E-state index contributed by atoms with van der Waals surface area (Å²) in [5.74, 6) is 0.798. The monoisotopic (exact) mass is 381 g/mol. The summed E-state index contributed by atoms with van der Waals surface area (Å²) in [6.45, 7) is 6.63. The minimum Gasteiger partial charge on any atom is -0.497 e. The van der Waals surface area contributed by atoms with Gasteiger partial charge in [-0.3, -0.25) is 4.98 Å². The van der Waals surface area contributed by atoms with E-state index in [0.717, 1.165) is 44.3 Å². The molecule has 2 heterocycles. The molecule has 5 aromatic rings. The van der Waals surface area contributed by atoms with Gasteiger partial charge in [-0.15, -0.1) is 0 Å². The van der Waals surface area contributed by atoms with Gasteiger partial charge >= 0.3 is 0 Å². The third-order valence-corrected chi connectivity index (χ3v) is 5.57. The quantitative estimate of drug-likeness (QED) is 0.327. The van der Waals surface area contributed by atoms with Gasteiger partial charge < -0.3 is 9.15 Å². The number of hydrogen-bond donors (Lipinski definition) is 0. The molecule has 3 nitrogen and oxygen atoms in total. The van der Waals surface area contributed by atoms with E-state index in [-0.39, 0.29) is 5.41 Å². The van der Waals surface area contributed by atoms with Crippen molar-refractivity contribution in [1.82, 2.24) is 4.98 Å². The van der Waals surface area contributed by atoms with E-state index in [1.165, 1.54) is 10.9 Å². The van der Waals surface area contributed by atoms with Crippen LogP contribution in [-0.2, 0) is 5.41 Å². The number of benzene rings is 3. The number of methoxy groups -OCH3 is 1. The van der Waals surface area contributed by atoms with E-state index < -0.39 is 0 Å². The second-order valence-electron chi connectivity index (χ2n) is 8.50. The van der Waals surface area contributed by atoms with Crippen LogP contribution in [0.15, 0.2) is 71.3 Å². The SMILES string of the molecule is COc1cc(-c2cc(C(C)(C)C)ccn2)c2oc3c4ccccc4ccc3c2c1. The van der Waals surface area contributed by atoms with Crippen molar-refractivity contribution >= 4 is 32.7 Å². The summed E-state index contributed by atoms with van der Waals surface area (Å²) in [5, 5.41) is 4.41. The predicted octanol–water partition coefficient (Wildman–Crippen LogP) is 7.11. The van der Waals surface area contributed by atoms with Crippen LogP contribution in [0.1, 0.15) is 26.3 Å². The standard InChI is InChI=1S/C26H23NO2/c1-26(2,3)17-11-12-27-23(13-17)22-15-18(28-4)14-21-20-10-9-16-7-5-6-8-19(16)24(20)29-25(21)22/h5-15H,1-4H3. The number of fused-ring (bicyclic) bond motifs is 5. The molecule has 144 valence electrons. The Bertz CT molecular complexity index is 1370. The molecule has 3 aromatic carbocycles. The molecule has 0 fully saturated rings. The van der Waals surface area contributed by atoms with Crippen LogP contribution >= 0.6 is 0 Å². The van der Waals surface area contributed by atoms with Gasteiger partial charge in [0.1, 0.15) is 16.9 Å². The van der Waals surface area contributed by atoms with Crippen LogP contribution in [-0.4, -0.2) is 12.1 Å². The van der Waals surface area contributed by atoms with E-state index in [1.54, 1.807) is 7.11 Å². The largest absolute Gasteiger partial charge is 0.497 e. The van der Waals surface area contributed by atoms with E-state index in [4.69, 9.17) is 9.15 Å². The Morgan fingerprint density at radius 1 is 0.828 bits per heavy atom. The number of aromatic nitrogens is 1. The lowest BCUT2D eigenvalue weighted by Gasteiger charge is -2.19. The fourth-order valence-electron chi connectivity index (χ4n) is 3.93. The molecule has 0 N–H and O–H groups in total. The molecule has 5 rings (SSSR count). The zero-order chi connectivity index (χ0) is 20.2. The van der Waals surface area contributed by atoms with Crippen LogP contribution in [0.25, 0.3) is 44.0 Å². The number of nitrogens with zero attached hydrogens (tertiary/aromatic N) is 1. The Morgan fingerprint density at radius 3 is 2.45 bits per heavy atom. The highest BCUT2D eigenvalue weighted by Gasteiger charge is 2.19. The zero-order valence-corrected chi connectivity index (χ0v) is 17.1. The van der Waals surface area contributed by atoms with Crippen molar-refractivity contribution in [2.75, 3.05) is 7.11 Å². The van der Waals surface area contributed by atoms with E-state index in [0.29, 0.717) is 0 Å². The number of hydrogen-bond acceptors (Lipinski definition) is 3. The molecule has 0 bridgehead atoms. The van der Waals surface area contributed by atoms with Crippen molar-refractivity contribution in [2.24, 2.45) is 0 Å². The second-order valence-corrected chi connectivity index (χ2v) is 8.50. The molecule has 0 saturated carbocycles. The zero-order valence-electron chi connectivity index (χ0n) is 17.1. The summed E-state index contributed by atoms with van der Waals surface area (Å²) in [6.07, 6.45) is 1.87. The highest BCUT2D eigenvalue weighted by molar-refractivity contribution is 6.17. The van der Waals surface area contributed by atoms with Crippen molar-refractivity contribution in [2.45, 2.75) is 26.2 Å². The lowest BCUT2D eigenvalue weighted by atomic mass is 9.87. The molecule has 0 aliphatic rings. The fraction of sp³-hybridized carbons (Fsp3) is 0.192. The van der Waals surface area contributed by atoms with Gasteiger partial charge in [0.05, 0.1) is 12.8 Å². The normalized spacial score (nSPS) is 12.1. The topological polar surface area (TPSA) is 35.3 Å². The molecule has 0 spiro atoms. The Labute approximate surface area is 169 Å². The first kappa shape index (κ1) is 17.7. The van der Waals surface area contributed by atoms with Gasteiger partial charge in [-0.1, -0.05) is 51.1 Å². The predicted molar refractivity (Wildman–Crippen MR) is 120 cm³/mol. The van der Waals surface area contributed by atoms with Gasteiger partial charge in [0, 0.05) is 27.9 Å².